The van der Waals surface area contributed by atoms with Crippen molar-refractivity contribution in [1.29, 1.82) is 5.26 Å². The Labute approximate surface area is 112 Å². The van der Waals surface area contributed by atoms with Crippen molar-refractivity contribution in [3.05, 3.63) is 53.9 Å². The topological polar surface area (TPSA) is 52.0 Å². The van der Waals surface area contributed by atoms with Gasteiger partial charge in [-0.2, -0.15) is 5.26 Å². The predicted molar refractivity (Wildman–Crippen MR) is 74.9 cm³/mol. The van der Waals surface area contributed by atoms with Crippen LogP contribution >= 0.6 is 0 Å². The van der Waals surface area contributed by atoms with Crippen molar-refractivity contribution in [3.8, 4) is 6.07 Å². The van der Waals surface area contributed by atoms with Crippen molar-refractivity contribution in [1.82, 2.24) is 4.98 Å². The molecule has 4 heteroatoms. The molecule has 0 radical (unpaired) electrons. The fourth-order valence-electron chi connectivity index (χ4n) is 2.34. The highest BCUT2D eigenvalue weighted by molar-refractivity contribution is 5.73. The van der Waals surface area contributed by atoms with Crippen LogP contribution in [0.4, 0.5) is 11.4 Å². The number of hydrogen-bond acceptors (Lipinski definition) is 4. The minimum Gasteiger partial charge on any atom is -0.382 e. The van der Waals surface area contributed by atoms with Gasteiger partial charge in [0, 0.05) is 32.0 Å². The fraction of sp³-hybridized carbons (Fsp3) is 0.200. The number of nitrogens with zero attached hydrogens (tertiary/aromatic N) is 3. The standard InChI is InChI=1S/C15H14N4/c16-10-13-1-2-15-14(9-13)18-7-8-19(15)11-12-3-5-17-6-4-12/h1-6,9,18H,7-8,11H2. The summed E-state index contributed by atoms with van der Waals surface area (Å²) in [7, 11) is 0. The first kappa shape index (κ1) is 11.5. The minimum atomic E-state index is 0.692. The molecule has 0 atom stereocenters. The van der Waals surface area contributed by atoms with Gasteiger partial charge in [0.05, 0.1) is 23.0 Å². The molecule has 0 aliphatic carbocycles. The molecule has 1 N–H and O–H groups in total. The zero-order valence-electron chi connectivity index (χ0n) is 10.5. The van der Waals surface area contributed by atoms with Gasteiger partial charge < -0.3 is 10.2 Å². The van der Waals surface area contributed by atoms with Gasteiger partial charge in [0.25, 0.3) is 0 Å². The molecule has 0 saturated carbocycles. The Balaban J connectivity index is 1.89. The number of fused-ring (bicyclic) bond motifs is 1. The highest BCUT2D eigenvalue weighted by Crippen LogP contribution is 2.30. The van der Waals surface area contributed by atoms with Gasteiger partial charge in [0.2, 0.25) is 0 Å². The van der Waals surface area contributed by atoms with E-state index < -0.39 is 0 Å². The van der Waals surface area contributed by atoms with E-state index in [4.69, 9.17) is 5.26 Å². The SMILES string of the molecule is N#Cc1ccc2c(c1)NCCN2Cc1ccncc1. The molecule has 1 aromatic carbocycles. The molecule has 0 saturated heterocycles. The quantitative estimate of drug-likeness (QED) is 0.889. The van der Waals surface area contributed by atoms with E-state index in [1.165, 1.54) is 5.56 Å². The number of nitrogens with one attached hydrogen (secondary N) is 1. The Morgan fingerprint density at radius 1 is 1.26 bits per heavy atom. The van der Waals surface area contributed by atoms with Crippen LogP contribution in [0, 0.1) is 11.3 Å². The maximum absolute atomic E-state index is 8.94. The van der Waals surface area contributed by atoms with Gasteiger partial charge in [-0.3, -0.25) is 4.98 Å². The second kappa shape index (κ2) is 4.99. The zero-order chi connectivity index (χ0) is 13.1. The normalized spacial score (nSPS) is 13.3. The third-order valence-electron chi connectivity index (χ3n) is 3.29. The predicted octanol–water partition coefficient (Wildman–Crippen LogP) is 2.39. The smallest absolute Gasteiger partial charge is 0.0992 e. The molecule has 94 valence electrons. The number of anilines is 2. The third-order valence-corrected chi connectivity index (χ3v) is 3.29. The van der Waals surface area contributed by atoms with Crippen LogP contribution < -0.4 is 10.2 Å². The average Bonchev–Trinajstić information content (AvgIpc) is 2.48. The van der Waals surface area contributed by atoms with Crippen LogP contribution in [-0.2, 0) is 6.54 Å². The van der Waals surface area contributed by atoms with E-state index in [9.17, 15) is 0 Å². The van der Waals surface area contributed by atoms with Crippen LogP contribution in [0.1, 0.15) is 11.1 Å². The molecular formula is C15H14N4. The first-order chi connectivity index (χ1) is 9.36. The van der Waals surface area contributed by atoms with Gasteiger partial charge in [-0.1, -0.05) is 0 Å². The maximum Gasteiger partial charge on any atom is 0.0992 e. The van der Waals surface area contributed by atoms with Crippen LogP contribution in [0.15, 0.2) is 42.7 Å². The summed E-state index contributed by atoms with van der Waals surface area (Å²) in [6.45, 7) is 2.72. The molecule has 3 rings (SSSR count). The van der Waals surface area contributed by atoms with E-state index in [1.807, 2.05) is 42.7 Å². The number of benzene rings is 1. The molecule has 2 aromatic rings. The van der Waals surface area contributed by atoms with E-state index in [0.717, 1.165) is 31.0 Å². The van der Waals surface area contributed by atoms with Gasteiger partial charge in [-0.05, 0) is 35.9 Å². The van der Waals surface area contributed by atoms with Crippen molar-refractivity contribution in [2.24, 2.45) is 0 Å². The van der Waals surface area contributed by atoms with E-state index in [1.54, 1.807) is 0 Å². The Morgan fingerprint density at radius 2 is 2.11 bits per heavy atom. The summed E-state index contributed by atoms with van der Waals surface area (Å²) in [5.41, 5.74) is 4.13. The summed E-state index contributed by atoms with van der Waals surface area (Å²) in [5, 5.41) is 12.3. The van der Waals surface area contributed by atoms with Crippen LogP contribution in [0.2, 0.25) is 0 Å². The van der Waals surface area contributed by atoms with Gasteiger partial charge in [0.15, 0.2) is 0 Å². The number of pyridine rings is 1. The van der Waals surface area contributed by atoms with Crippen LogP contribution in [0.3, 0.4) is 0 Å². The van der Waals surface area contributed by atoms with Crippen molar-refractivity contribution >= 4 is 11.4 Å². The fourth-order valence-corrected chi connectivity index (χ4v) is 2.34. The van der Waals surface area contributed by atoms with E-state index >= 15 is 0 Å². The molecule has 19 heavy (non-hydrogen) atoms. The molecular weight excluding hydrogens is 236 g/mol. The molecule has 1 aliphatic heterocycles. The van der Waals surface area contributed by atoms with Crippen molar-refractivity contribution in [2.75, 3.05) is 23.3 Å². The molecule has 0 spiro atoms. The lowest BCUT2D eigenvalue weighted by atomic mass is 10.1. The van der Waals surface area contributed by atoms with E-state index in [-0.39, 0.29) is 0 Å². The average molecular weight is 250 g/mol. The van der Waals surface area contributed by atoms with Gasteiger partial charge in [0.1, 0.15) is 0 Å². The molecule has 4 nitrogen and oxygen atoms in total. The van der Waals surface area contributed by atoms with E-state index in [2.05, 4.69) is 21.3 Å². The van der Waals surface area contributed by atoms with Crippen molar-refractivity contribution in [3.63, 3.8) is 0 Å². The van der Waals surface area contributed by atoms with Crippen LogP contribution in [0.5, 0.6) is 0 Å². The monoisotopic (exact) mass is 250 g/mol. The van der Waals surface area contributed by atoms with Crippen molar-refractivity contribution < 1.29 is 0 Å². The summed E-state index contributed by atoms with van der Waals surface area (Å²) in [6, 6.07) is 12.0. The summed E-state index contributed by atoms with van der Waals surface area (Å²) in [4.78, 5) is 6.36. The number of hydrogen-bond donors (Lipinski definition) is 1. The van der Waals surface area contributed by atoms with Gasteiger partial charge in [-0.25, -0.2) is 0 Å². The molecule has 0 amide bonds. The summed E-state index contributed by atoms with van der Waals surface area (Å²) >= 11 is 0. The van der Waals surface area contributed by atoms with Crippen LogP contribution in [-0.4, -0.2) is 18.1 Å². The Morgan fingerprint density at radius 3 is 2.89 bits per heavy atom. The van der Waals surface area contributed by atoms with Crippen LogP contribution in [0.25, 0.3) is 0 Å². The zero-order valence-corrected chi connectivity index (χ0v) is 10.5. The van der Waals surface area contributed by atoms with Gasteiger partial charge in [-0.15, -0.1) is 0 Å². The van der Waals surface area contributed by atoms with Gasteiger partial charge >= 0.3 is 0 Å². The maximum atomic E-state index is 8.94. The summed E-state index contributed by atoms with van der Waals surface area (Å²) in [5.74, 6) is 0. The lowest BCUT2D eigenvalue weighted by Gasteiger charge is -2.32. The van der Waals surface area contributed by atoms with E-state index in [0.29, 0.717) is 5.56 Å². The Kier molecular flexibility index (Phi) is 3.03. The molecule has 0 fully saturated rings. The molecule has 1 aliphatic rings. The summed E-state index contributed by atoms with van der Waals surface area (Å²) < 4.78 is 0. The first-order valence-corrected chi connectivity index (χ1v) is 6.29. The number of rotatable bonds is 2. The Hall–Kier alpha value is -2.54. The number of aromatic nitrogens is 1. The summed E-state index contributed by atoms with van der Waals surface area (Å²) in [6.07, 6.45) is 3.63. The molecule has 0 bridgehead atoms. The molecule has 1 aromatic heterocycles. The largest absolute Gasteiger partial charge is 0.382 e. The second-order valence-electron chi connectivity index (χ2n) is 4.55. The molecule has 2 heterocycles. The minimum absolute atomic E-state index is 0.692. The Bertz CT molecular complexity index is 616. The lowest BCUT2D eigenvalue weighted by molar-refractivity contribution is 0.786. The first-order valence-electron chi connectivity index (χ1n) is 6.29. The highest BCUT2D eigenvalue weighted by atomic mass is 15.2. The lowest BCUT2D eigenvalue weighted by Crippen LogP contribution is -2.33. The second-order valence-corrected chi connectivity index (χ2v) is 4.55. The molecule has 0 unspecified atom stereocenters. The highest BCUT2D eigenvalue weighted by Gasteiger charge is 2.16. The third kappa shape index (κ3) is 2.36. The number of nitriles is 1. The van der Waals surface area contributed by atoms with Crippen molar-refractivity contribution in [2.45, 2.75) is 6.54 Å².